The van der Waals surface area contributed by atoms with Gasteiger partial charge in [0.15, 0.2) is 0 Å². The summed E-state index contributed by atoms with van der Waals surface area (Å²) in [5, 5.41) is 6.74. The normalized spacial score (nSPS) is 29.9. The Morgan fingerprint density at radius 1 is 1.12 bits per heavy atom. The molecular weight excluding hydrogens is 762 g/mol. The highest BCUT2D eigenvalue weighted by atomic mass is 35.5. The van der Waals surface area contributed by atoms with Crippen LogP contribution >= 0.6 is 11.6 Å². The van der Waals surface area contributed by atoms with Crippen LogP contribution in [0, 0.1) is 17.8 Å². The molecule has 302 valence electrons. The lowest BCUT2D eigenvalue weighted by Crippen LogP contribution is -2.59. The Morgan fingerprint density at radius 3 is 2.59 bits per heavy atom. The molecule has 1 unspecified atom stereocenters. The van der Waals surface area contributed by atoms with Gasteiger partial charge in [-0.05, 0) is 96.3 Å². The van der Waals surface area contributed by atoms with Gasteiger partial charge >= 0.3 is 6.09 Å². The van der Waals surface area contributed by atoms with E-state index in [0.717, 1.165) is 11.9 Å². The molecule has 0 spiro atoms. The summed E-state index contributed by atoms with van der Waals surface area (Å²) in [6.45, 7) is 10.7. The predicted octanol–water partition coefficient (Wildman–Crippen LogP) is 4.66. The molecule has 4 aliphatic rings. The molecule has 2 saturated carbocycles. The quantitative estimate of drug-likeness (QED) is 0.295. The van der Waals surface area contributed by atoms with E-state index in [1.54, 1.807) is 56.6 Å². The van der Waals surface area contributed by atoms with Crippen molar-refractivity contribution in [2.24, 2.45) is 17.8 Å². The van der Waals surface area contributed by atoms with E-state index >= 15 is 0 Å². The van der Waals surface area contributed by atoms with Crippen LogP contribution in [0.4, 0.5) is 4.79 Å². The van der Waals surface area contributed by atoms with Crippen LogP contribution < -0.4 is 20.1 Å². The number of nitrogens with one attached hydrogen (secondary N) is 3. The van der Waals surface area contributed by atoms with Crippen LogP contribution in [0.2, 0.25) is 5.02 Å². The number of aromatic nitrogens is 3. The zero-order chi connectivity index (χ0) is 40.4. The molecular formula is C39H50ClN7O8S. The van der Waals surface area contributed by atoms with Gasteiger partial charge in [-0.2, -0.15) is 4.98 Å². The summed E-state index contributed by atoms with van der Waals surface area (Å²) in [7, 11) is -4.01. The zero-order valence-electron chi connectivity index (χ0n) is 32.5. The Balaban J connectivity index is 1.25. The molecule has 3 aromatic rings. The van der Waals surface area contributed by atoms with Crippen molar-refractivity contribution in [3.05, 3.63) is 47.8 Å². The molecule has 7 rings (SSSR count). The topological polar surface area (TPSA) is 190 Å². The third-order valence-corrected chi connectivity index (χ3v) is 13.9. The molecule has 4 heterocycles. The maximum absolute atomic E-state index is 14.8. The van der Waals surface area contributed by atoms with Crippen molar-refractivity contribution in [2.45, 2.75) is 121 Å². The minimum atomic E-state index is -4.01. The van der Waals surface area contributed by atoms with E-state index in [2.05, 4.69) is 32.2 Å². The molecule has 3 fully saturated rings. The van der Waals surface area contributed by atoms with Crippen molar-refractivity contribution >= 4 is 62.1 Å². The lowest BCUT2D eigenvalue weighted by Gasteiger charge is -2.33. The predicted molar refractivity (Wildman–Crippen MR) is 208 cm³/mol. The smallest absolute Gasteiger partial charge is 0.408 e. The lowest BCUT2D eigenvalue weighted by atomic mass is 9.88. The first kappa shape index (κ1) is 39.8. The van der Waals surface area contributed by atoms with Crippen LogP contribution in [-0.4, -0.2) is 92.1 Å². The molecule has 3 N–H and O–H groups in total. The minimum absolute atomic E-state index is 0.000547. The number of hydrogen-bond acceptors (Lipinski definition) is 10. The highest BCUT2D eigenvalue weighted by Gasteiger charge is 2.63. The van der Waals surface area contributed by atoms with Gasteiger partial charge in [0.25, 0.3) is 5.91 Å². The average Bonchev–Trinajstić information content (AvgIpc) is 3.89. The fourth-order valence-corrected chi connectivity index (χ4v) is 9.37. The molecule has 1 saturated heterocycles. The van der Waals surface area contributed by atoms with Gasteiger partial charge < -0.3 is 25.0 Å². The molecule has 0 bridgehead atoms. The molecule has 2 aromatic heterocycles. The summed E-state index contributed by atoms with van der Waals surface area (Å²) >= 11 is 6.41. The molecule has 17 heteroatoms. The number of benzene rings is 1. The number of fused-ring (bicyclic) bond motifs is 5. The van der Waals surface area contributed by atoms with E-state index in [9.17, 15) is 27.6 Å². The van der Waals surface area contributed by atoms with Crippen LogP contribution in [0.1, 0.15) is 86.5 Å². The van der Waals surface area contributed by atoms with Gasteiger partial charge in [-0.15, -0.1) is 0 Å². The van der Waals surface area contributed by atoms with Gasteiger partial charge in [0, 0.05) is 29.8 Å². The molecule has 1 aromatic carbocycles. The van der Waals surface area contributed by atoms with Crippen molar-refractivity contribution in [2.75, 3.05) is 6.54 Å². The van der Waals surface area contributed by atoms with Gasteiger partial charge in [-0.25, -0.2) is 18.2 Å². The lowest BCUT2D eigenvalue weighted by molar-refractivity contribution is -0.142. The van der Waals surface area contributed by atoms with Crippen LogP contribution in [0.3, 0.4) is 0 Å². The molecule has 0 radical (unpaired) electrons. The first-order valence-corrected chi connectivity index (χ1v) is 21.1. The van der Waals surface area contributed by atoms with Crippen molar-refractivity contribution in [1.29, 1.82) is 0 Å². The summed E-state index contributed by atoms with van der Waals surface area (Å²) in [6, 6.07) is 3.04. The van der Waals surface area contributed by atoms with Crippen molar-refractivity contribution in [3.63, 3.8) is 0 Å². The van der Waals surface area contributed by atoms with Gasteiger partial charge in [0.2, 0.25) is 33.5 Å². The zero-order valence-corrected chi connectivity index (χ0v) is 34.1. The van der Waals surface area contributed by atoms with E-state index in [1.807, 2.05) is 25.1 Å². The first-order chi connectivity index (χ1) is 26.3. The highest BCUT2D eigenvalue weighted by Crippen LogP contribution is 2.47. The Bertz CT molecular complexity index is 2220. The number of ether oxygens (including phenoxy) is 2. The molecule has 2 aliphatic heterocycles. The Kier molecular flexibility index (Phi) is 10.3. The Hall–Kier alpha value is -4.44. The highest BCUT2D eigenvalue weighted by molar-refractivity contribution is 7.91. The number of sulfonamides is 1. The van der Waals surface area contributed by atoms with Crippen LogP contribution in [0.25, 0.3) is 16.7 Å². The standard InChI is InChI=1S/C39H50ClN7O8S/c1-22-9-7-8-10-24-20-39(24,34(50)45-56(52,53)38(6)13-14-38)44-31(48)29-19-26(21-47(29)33(49)30(23(2)17-22)42-36(51)55-37(3,4)5)54-32-27-18-25(40)11-12-28(27)46-16-15-41-35(46)43-32/h8,10-12,15-16,18,22-24,26,29-30H,7,9,13-14,17,19-21H2,1-6H3,(H,42,51)(H,44,48)(H,45,50)/b10-8-/t22-,23+,24?,26+,29-,30-,39+/m0/s1. The van der Waals surface area contributed by atoms with Crippen molar-refractivity contribution in [3.8, 4) is 5.88 Å². The number of nitrogens with zero attached hydrogens (tertiary/aromatic N) is 4. The SMILES string of the molecule is C[C@H]1CC/C=C\C2C[C@@]2(C(=O)NS(=O)(=O)C2(C)CC2)NC(=O)[C@@H]2C[C@@H](Oc3nc4nccn4c4ccc(Cl)cc34)CN2C(=O)[C@@H](NC(=O)OC(C)(C)C)[C@H](C)C1. The second-order valence-corrected chi connectivity index (χ2v) is 19.9. The van der Waals surface area contributed by atoms with Crippen LogP contribution in [-0.2, 0) is 29.1 Å². The van der Waals surface area contributed by atoms with Gasteiger partial charge in [0.1, 0.15) is 29.3 Å². The first-order valence-electron chi connectivity index (χ1n) is 19.2. The number of alkyl carbamates (subject to hydrolysis) is 1. The number of imidazole rings is 1. The third-order valence-electron chi connectivity index (χ3n) is 11.5. The van der Waals surface area contributed by atoms with Crippen molar-refractivity contribution in [1.82, 2.24) is 34.6 Å². The van der Waals surface area contributed by atoms with E-state index in [-0.39, 0.29) is 37.1 Å². The Labute approximate surface area is 331 Å². The third kappa shape index (κ3) is 7.91. The number of rotatable bonds is 6. The maximum Gasteiger partial charge on any atom is 0.408 e. The van der Waals surface area contributed by atoms with Crippen molar-refractivity contribution < 1.29 is 37.1 Å². The Morgan fingerprint density at radius 2 is 1.88 bits per heavy atom. The van der Waals surface area contributed by atoms with Gasteiger partial charge in [-0.3, -0.25) is 23.5 Å². The summed E-state index contributed by atoms with van der Waals surface area (Å²) in [5.41, 5.74) is -1.65. The van der Waals surface area contributed by atoms with E-state index in [0.29, 0.717) is 41.9 Å². The molecule has 2 aliphatic carbocycles. The number of allylic oxidation sites excluding steroid dienone is 1. The molecule has 7 atom stereocenters. The second-order valence-electron chi connectivity index (χ2n) is 17.3. The van der Waals surface area contributed by atoms with E-state index < -0.39 is 73.8 Å². The minimum Gasteiger partial charge on any atom is -0.472 e. The summed E-state index contributed by atoms with van der Waals surface area (Å²) in [5.74, 6) is -2.09. The summed E-state index contributed by atoms with van der Waals surface area (Å²) in [4.78, 5) is 66.9. The fourth-order valence-electron chi connectivity index (χ4n) is 7.89. The second kappa shape index (κ2) is 14.5. The number of carbonyl (C=O) groups excluding carboxylic acids is 4. The number of carbonyl (C=O) groups is 4. The van der Waals surface area contributed by atoms with Gasteiger partial charge in [0.05, 0.1) is 22.2 Å². The van der Waals surface area contributed by atoms with E-state index in [4.69, 9.17) is 21.1 Å². The largest absolute Gasteiger partial charge is 0.472 e. The van der Waals surface area contributed by atoms with E-state index in [1.165, 1.54) is 4.90 Å². The average molecular weight is 812 g/mol. The maximum atomic E-state index is 14.8. The fraction of sp³-hybridized carbons (Fsp3) is 0.590. The molecule has 56 heavy (non-hydrogen) atoms. The van der Waals surface area contributed by atoms with Crippen LogP contribution in [0.15, 0.2) is 42.7 Å². The van der Waals surface area contributed by atoms with Crippen LogP contribution in [0.5, 0.6) is 5.88 Å². The van der Waals surface area contributed by atoms with Gasteiger partial charge in [-0.1, -0.05) is 37.6 Å². The number of hydrogen-bond donors (Lipinski definition) is 3. The monoisotopic (exact) mass is 811 g/mol. The summed E-state index contributed by atoms with van der Waals surface area (Å²) in [6.07, 6.45) is 8.69. The number of halogens is 1. The molecule has 15 nitrogen and oxygen atoms in total. The number of amides is 4. The summed E-state index contributed by atoms with van der Waals surface area (Å²) < 4.78 is 41.5. The molecule has 4 amide bonds.